The van der Waals surface area contributed by atoms with Crippen LogP contribution in [0.3, 0.4) is 0 Å². The summed E-state index contributed by atoms with van der Waals surface area (Å²) in [5.41, 5.74) is 0.909. The summed E-state index contributed by atoms with van der Waals surface area (Å²) in [5.74, 6) is 1.18. The molecule has 20 heavy (non-hydrogen) atoms. The van der Waals surface area contributed by atoms with Crippen LogP contribution in [0.1, 0.15) is 5.56 Å². The molecule has 2 rings (SSSR count). The SMILES string of the molecule is CNc1cc(COc2cc(Br)cc([N+](=O)[O-])c2)ccn1. The summed E-state index contributed by atoms with van der Waals surface area (Å²) < 4.78 is 6.18. The summed E-state index contributed by atoms with van der Waals surface area (Å²) >= 11 is 3.23. The van der Waals surface area contributed by atoms with E-state index in [0.717, 1.165) is 11.4 Å². The van der Waals surface area contributed by atoms with E-state index in [4.69, 9.17) is 4.74 Å². The molecule has 0 radical (unpaired) electrons. The Labute approximate surface area is 124 Å². The van der Waals surface area contributed by atoms with Crippen LogP contribution in [-0.2, 0) is 6.61 Å². The normalized spacial score (nSPS) is 10.1. The van der Waals surface area contributed by atoms with E-state index in [0.29, 0.717) is 16.8 Å². The summed E-state index contributed by atoms with van der Waals surface area (Å²) in [6, 6.07) is 8.19. The Hall–Kier alpha value is -2.15. The molecule has 1 aromatic carbocycles. The molecular formula is C13H12BrN3O3. The van der Waals surface area contributed by atoms with Crippen LogP contribution >= 0.6 is 15.9 Å². The largest absolute Gasteiger partial charge is 0.489 e. The van der Waals surface area contributed by atoms with Gasteiger partial charge in [-0.1, -0.05) is 15.9 Å². The highest BCUT2D eigenvalue weighted by Crippen LogP contribution is 2.26. The molecular weight excluding hydrogens is 326 g/mol. The predicted molar refractivity (Wildman–Crippen MR) is 78.9 cm³/mol. The summed E-state index contributed by atoms with van der Waals surface area (Å²) in [6.45, 7) is 0.310. The van der Waals surface area contributed by atoms with Gasteiger partial charge in [0.2, 0.25) is 0 Å². The average molecular weight is 338 g/mol. The molecule has 0 bridgehead atoms. The van der Waals surface area contributed by atoms with Gasteiger partial charge in [-0.05, 0) is 23.8 Å². The maximum Gasteiger partial charge on any atom is 0.274 e. The molecule has 0 saturated heterocycles. The fraction of sp³-hybridized carbons (Fsp3) is 0.154. The van der Waals surface area contributed by atoms with Crippen molar-refractivity contribution in [3.63, 3.8) is 0 Å². The first-order chi connectivity index (χ1) is 9.58. The minimum atomic E-state index is -0.455. The second-order valence-electron chi connectivity index (χ2n) is 3.99. The molecule has 1 N–H and O–H groups in total. The first kappa shape index (κ1) is 14.3. The lowest BCUT2D eigenvalue weighted by molar-refractivity contribution is -0.385. The van der Waals surface area contributed by atoms with Gasteiger partial charge in [0, 0.05) is 23.8 Å². The van der Waals surface area contributed by atoms with Gasteiger partial charge in [-0.15, -0.1) is 0 Å². The number of ether oxygens (including phenoxy) is 1. The van der Waals surface area contributed by atoms with E-state index in [1.807, 2.05) is 12.1 Å². The predicted octanol–water partition coefficient (Wildman–Crippen LogP) is 3.37. The highest BCUT2D eigenvalue weighted by Gasteiger charge is 2.09. The number of nitrogens with one attached hydrogen (secondary N) is 1. The van der Waals surface area contributed by atoms with Gasteiger partial charge < -0.3 is 10.1 Å². The number of hydrogen-bond donors (Lipinski definition) is 1. The van der Waals surface area contributed by atoms with Crippen molar-refractivity contribution in [2.24, 2.45) is 0 Å². The number of halogens is 1. The highest BCUT2D eigenvalue weighted by atomic mass is 79.9. The zero-order chi connectivity index (χ0) is 14.5. The van der Waals surface area contributed by atoms with Crippen molar-refractivity contribution < 1.29 is 9.66 Å². The summed E-state index contributed by atoms with van der Waals surface area (Å²) in [4.78, 5) is 14.4. The molecule has 0 spiro atoms. The van der Waals surface area contributed by atoms with E-state index >= 15 is 0 Å². The fourth-order valence-electron chi connectivity index (χ4n) is 1.60. The highest BCUT2D eigenvalue weighted by molar-refractivity contribution is 9.10. The molecule has 0 aliphatic rings. The van der Waals surface area contributed by atoms with Crippen LogP contribution in [0.4, 0.5) is 11.5 Å². The summed E-state index contributed by atoms with van der Waals surface area (Å²) in [7, 11) is 1.78. The van der Waals surface area contributed by atoms with Gasteiger partial charge in [0.1, 0.15) is 18.2 Å². The van der Waals surface area contributed by atoms with Gasteiger partial charge in [0.05, 0.1) is 11.0 Å². The van der Waals surface area contributed by atoms with Crippen molar-refractivity contribution in [1.29, 1.82) is 0 Å². The standard InChI is InChI=1S/C13H12BrN3O3/c1-15-13-4-9(2-3-16-13)8-20-12-6-10(14)5-11(7-12)17(18)19/h2-7H,8H2,1H3,(H,15,16). The number of rotatable bonds is 5. The fourth-order valence-corrected chi connectivity index (χ4v) is 2.06. The molecule has 0 aliphatic carbocycles. The van der Waals surface area contributed by atoms with E-state index in [9.17, 15) is 10.1 Å². The number of hydrogen-bond acceptors (Lipinski definition) is 5. The smallest absolute Gasteiger partial charge is 0.274 e. The number of nitro benzene ring substituents is 1. The van der Waals surface area contributed by atoms with Crippen molar-refractivity contribution in [1.82, 2.24) is 4.98 Å². The van der Waals surface area contributed by atoms with E-state index in [2.05, 4.69) is 26.2 Å². The van der Waals surface area contributed by atoms with E-state index in [1.165, 1.54) is 12.1 Å². The van der Waals surface area contributed by atoms with Crippen LogP contribution in [0.2, 0.25) is 0 Å². The Kier molecular flexibility index (Phi) is 4.52. The second-order valence-corrected chi connectivity index (χ2v) is 4.91. The van der Waals surface area contributed by atoms with Crippen LogP contribution in [0.15, 0.2) is 41.0 Å². The molecule has 0 atom stereocenters. The summed E-state index contributed by atoms with van der Waals surface area (Å²) in [6.07, 6.45) is 1.67. The molecule has 0 amide bonds. The Bertz CT molecular complexity index is 634. The minimum Gasteiger partial charge on any atom is -0.489 e. The van der Waals surface area contributed by atoms with Crippen molar-refractivity contribution in [2.45, 2.75) is 6.61 Å². The third-order valence-corrected chi connectivity index (χ3v) is 3.01. The van der Waals surface area contributed by atoms with Crippen molar-refractivity contribution >= 4 is 27.4 Å². The van der Waals surface area contributed by atoms with Gasteiger partial charge >= 0.3 is 0 Å². The zero-order valence-electron chi connectivity index (χ0n) is 10.7. The van der Waals surface area contributed by atoms with Crippen LogP contribution in [-0.4, -0.2) is 17.0 Å². The quantitative estimate of drug-likeness (QED) is 0.668. The Morgan fingerprint density at radius 1 is 1.40 bits per heavy atom. The molecule has 0 unspecified atom stereocenters. The van der Waals surface area contributed by atoms with Gasteiger partial charge in [-0.3, -0.25) is 10.1 Å². The molecule has 7 heteroatoms. The average Bonchev–Trinajstić information content (AvgIpc) is 2.44. The van der Waals surface area contributed by atoms with E-state index < -0.39 is 4.92 Å². The number of aromatic nitrogens is 1. The number of anilines is 1. The third-order valence-electron chi connectivity index (χ3n) is 2.55. The van der Waals surface area contributed by atoms with Crippen molar-refractivity contribution in [3.05, 3.63) is 56.7 Å². The maximum absolute atomic E-state index is 10.8. The lowest BCUT2D eigenvalue weighted by atomic mass is 10.2. The molecule has 6 nitrogen and oxygen atoms in total. The van der Waals surface area contributed by atoms with Crippen LogP contribution in [0.5, 0.6) is 5.75 Å². The molecule has 2 aromatic rings. The molecule has 104 valence electrons. The van der Waals surface area contributed by atoms with Crippen molar-refractivity contribution in [2.75, 3.05) is 12.4 Å². The number of non-ortho nitro benzene ring substituents is 1. The second kappa shape index (κ2) is 6.33. The lowest BCUT2D eigenvalue weighted by Gasteiger charge is -2.08. The first-order valence-electron chi connectivity index (χ1n) is 5.79. The zero-order valence-corrected chi connectivity index (χ0v) is 12.3. The Morgan fingerprint density at radius 3 is 2.90 bits per heavy atom. The first-order valence-corrected chi connectivity index (χ1v) is 6.58. The van der Waals surface area contributed by atoms with Gasteiger partial charge in [-0.2, -0.15) is 0 Å². The van der Waals surface area contributed by atoms with Crippen LogP contribution < -0.4 is 10.1 Å². The number of pyridine rings is 1. The molecule has 0 aliphatic heterocycles. The van der Waals surface area contributed by atoms with Crippen molar-refractivity contribution in [3.8, 4) is 5.75 Å². The maximum atomic E-state index is 10.8. The number of benzene rings is 1. The van der Waals surface area contributed by atoms with E-state index in [-0.39, 0.29) is 5.69 Å². The summed E-state index contributed by atoms with van der Waals surface area (Å²) in [5, 5.41) is 13.7. The number of nitrogens with zero attached hydrogens (tertiary/aromatic N) is 2. The van der Waals surface area contributed by atoms with Gasteiger partial charge in [-0.25, -0.2) is 4.98 Å². The third kappa shape index (κ3) is 3.67. The minimum absolute atomic E-state index is 0.0139. The molecule has 1 aromatic heterocycles. The molecule has 1 heterocycles. The van der Waals surface area contributed by atoms with Crippen LogP contribution in [0, 0.1) is 10.1 Å². The molecule has 0 saturated carbocycles. The Balaban J connectivity index is 2.12. The topological polar surface area (TPSA) is 77.3 Å². The lowest BCUT2D eigenvalue weighted by Crippen LogP contribution is -1.99. The monoisotopic (exact) mass is 337 g/mol. The van der Waals surface area contributed by atoms with Crippen LogP contribution in [0.25, 0.3) is 0 Å². The van der Waals surface area contributed by atoms with Gasteiger partial charge in [0.25, 0.3) is 5.69 Å². The van der Waals surface area contributed by atoms with Gasteiger partial charge in [0.15, 0.2) is 0 Å². The van der Waals surface area contributed by atoms with E-state index in [1.54, 1.807) is 19.3 Å². The molecule has 0 fully saturated rings. The number of nitro groups is 1. The Morgan fingerprint density at radius 2 is 2.20 bits per heavy atom.